The number of nitrogens with two attached hydrogens (primary N) is 1. The molecular formula is C20H25NO3S. The number of hydrogen-bond donors (Lipinski definition) is 1. The highest BCUT2D eigenvalue weighted by molar-refractivity contribution is 7.80. The zero-order valence-corrected chi connectivity index (χ0v) is 16.0. The molecule has 0 unspecified atom stereocenters. The van der Waals surface area contributed by atoms with Crippen LogP contribution in [0, 0.1) is 6.92 Å². The van der Waals surface area contributed by atoms with E-state index in [9.17, 15) is 0 Å². The van der Waals surface area contributed by atoms with Gasteiger partial charge < -0.3 is 19.9 Å². The third-order valence-electron chi connectivity index (χ3n) is 3.92. The summed E-state index contributed by atoms with van der Waals surface area (Å²) in [5.74, 6) is 2.59. The standard InChI is InChI=1S/C20H25NO3S/c1-13(2)17-7-6-16(11-14(17)3)23-9-10-24-18-8-5-15(20(21)25)12-19(18)22-4/h5-8,11-13H,9-10H2,1-4H3,(H2,21,25). The Balaban J connectivity index is 1.91. The number of hydrogen-bond acceptors (Lipinski definition) is 4. The van der Waals surface area contributed by atoms with Gasteiger partial charge in [0.2, 0.25) is 0 Å². The Hall–Kier alpha value is -2.27. The van der Waals surface area contributed by atoms with E-state index in [4.69, 9.17) is 32.2 Å². The van der Waals surface area contributed by atoms with Crippen LogP contribution in [0.15, 0.2) is 36.4 Å². The minimum Gasteiger partial charge on any atom is -0.493 e. The molecule has 0 spiro atoms. The lowest BCUT2D eigenvalue weighted by Gasteiger charge is -2.14. The van der Waals surface area contributed by atoms with Crippen LogP contribution in [-0.2, 0) is 0 Å². The summed E-state index contributed by atoms with van der Waals surface area (Å²) in [5, 5.41) is 0. The van der Waals surface area contributed by atoms with Crippen LogP contribution in [0.1, 0.15) is 36.5 Å². The molecule has 2 aromatic rings. The molecule has 0 aliphatic heterocycles. The Morgan fingerprint density at radius 1 is 1.04 bits per heavy atom. The summed E-state index contributed by atoms with van der Waals surface area (Å²) < 4.78 is 16.8. The van der Waals surface area contributed by atoms with E-state index in [1.807, 2.05) is 12.1 Å². The topological polar surface area (TPSA) is 53.7 Å². The van der Waals surface area contributed by atoms with Crippen molar-refractivity contribution in [1.29, 1.82) is 0 Å². The second kappa shape index (κ2) is 8.72. The van der Waals surface area contributed by atoms with E-state index in [1.54, 1.807) is 19.2 Å². The van der Waals surface area contributed by atoms with Gasteiger partial charge in [-0.2, -0.15) is 0 Å². The van der Waals surface area contributed by atoms with Gasteiger partial charge in [-0.15, -0.1) is 0 Å². The molecule has 25 heavy (non-hydrogen) atoms. The smallest absolute Gasteiger partial charge is 0.161 e. The molecule has 0 bridgehead atoms. The quantitative estimate of drug-likeness (QED) is 0.565. The number of aryl methyl sites for hydroxylation is 1. The van der Waals surface area contributed by atoms with Gasteiger partial charge in [0.05, 0.1) is 7.11 Å². The van der Waals surface area contributed by atoms with Crippen LogP contribution in [0.5, 0.6) is 17.2 Å². The first kappa shape index (κ1) is 19.1. The van der Waals surface area contributed by atoms with Gasteiger partial charge in [0.25, 0.3) is 0 Å². The Labute approximate surface area is 154 Å². The highest BCUT2D eigenvalue weighted by atomic mass is 32.1. The number of methoxy groups -OCH3 is 1. The maximum atomic E-state index is 5.77. The van der Waals surface area contributed by atoms with Crippen molar-refractivity contribution in [3.63, 3.8) is 0 Å². The largest absolute Gasteiger partial charge is 0.493 e. The predicted octanol–water partition coefficient (Wildman–Crippen LogP) is 4.22. The average Bonchev–Trinajstić information content (AvgIpc) is 2.58. The van der Waals surface area contributed by atoms with Crippen LogP contribution in [-0.4, -0.2) is 25.3 Å². The lowest BCUT2D eigenvalue weighted by atomic mass is 9.98. The van der Waals surface area contributed by atoms with Crippen molar-refractivity contribution in [3.8, 4) is 17.2 Å². The molecule has 0 amide bonds. The average molecular weight is 359 g/mol. The van der Waals surface area contributed by atoms with Gasteiger partial charge >= 0.3 is 0 Å². The number of rotatable bonds is 8. The van der Waals surface area contributed by atoms with E-state index in [2.05, 4.69) is 32.9 Å². The number of ether oxygens (including phenoxy) is 3. The zero-order valence-electron chi connectivity index (χ0n) is 15.2. The number of benzene rings is 2. The molecule has 0 aromatic heterocycles. The molecule has 5 heteroatoms. The summed E-state index contributed by atoms with van der Waals surface area (Å²) in [6.07, 6.45) is 0. The third kappa shape index (κ3) is 5.10. The molecule has 0 aliphatic carbocycles. The van der Waals surface area contributed by atoms with Crippen molar-refractivity contribution in [3.05, 3.63) is 53.1 Å². The van der Waals surface area contributed by atoms with Gasteiger partial charge in [0.15, 0.2) is 11.5 Å². The van der Waals surface area contributed by atoms with E-state index >= 15 is 0 Å². The Morgan fingerprint density at radius 3 is 2.36 bits per heavy atom. The molecule has 2 aromatic carbocycles. The molecule has 0 atom stereocenters. The summed E-state index contributed by atoms with van der Waals surface area (Å²) in [7, 11) is 1.58. The van der Waals surface area contributed by atoms with E-state index in [0.29, 0.717) is 35.6 Å². The molecule has 134 valence electrons. The summed E-state index contributed by atoms with van der Waals surface area (Å²) >= 11 is 4.97. The van der Waals surface area contributed by atoms with Gasteiger partial charge in [0.1, 0.15) is 24.0 Å². The summed E-state index contributed by atoms with van der Waals surface area (Å²) in [5.41, 5.74) is 8.95. The highest BCUT2D eigenvalue weighted by Gasteiger charge is 2.08. The monoisotopic (exact) mass is 359 g/mol. The van der Waals surface area contributed by atoms with Crippen molar-refractivity contribution in [1.82, 2.24) is 0 Å². The van der Waals surface area contributed by atoms with Crippen LogP contribution in [0.3, 0.4) is 0 Å². The maximum Gasteiger partial charge on any atom is 0.161 e. The second-order valence-electron chi connectivity index (χ2n) is 6.10. The summed E-state index contributed by atoms with van der Waals surface area (Å²) in [4.78, 5) is 0.327. The first-order valence-corrected chi connectivity index (χ1v) is 8.67. The van der Waals surface area contributed by atoms with Gasteiger partial charge in [-0.1, -0.05) is 32.1 Å². The van der Waals surface area contributed by atoms with E-state index in [0.717, 1.165) is 11.3 Å². The van der Waals surface area contributed by atoms with Crippen molar-refractivity contribution in [2.24, 2.45) is 5.73 Å². The highest BCUT2D eigenvalue weighted by Crippen LogP contribution is 2.28. The molecule has 0 saturated heterocycles. The summed E-state index contributed by atoms with van der Waals surface area (Å²) in [6, 6.07) is 11.6. The molecule has 2 N–H and O–H groups in total. The fraction of sp³-hybridized carbons (Fsp3) is 0.350. The van der Waals surface area contributed by atoms with Crippen molar-refractivity contribution in [2.45, 2.75) is 26.7 Å². The molecule has 0 heterocycles. The Morgan fingerprint density at radius 2 is 1.76 bits per heavy atom. The van der Waals surface area contributed by atoms with Crippen LogP contribution in [0.25, 0.3) is 0 Å². The molecule has 0 saturated carbocycles. The SMILES string of the molecule is COc1cc(C(N)=S)ccc1OCCOc1ccc(C(C)C)c(C)c1. The van der Waals surface area contributed by atoms with E-state index in [1.165, 1.54) is 11.1 Å². The number of thiocarbonyl (C=S) groups is 1. The fourth-order valence-electron chi connectivity index (χ4n) is 2.64. The van der Waals surface area contributed by atoms with Crippen LogP contribution in [0.2, 0.25) is 0 Å². The summed E-state index contributed by atoms with van der Waals surface area (Å²) in [6.45, 7) is 7.33. The Kier molecular flexibility index (Phi) is 6.65. The van der Waals surface area contributed by atoms with Crippen LogP contribution in [0.4, 0.5) is 0 Å². The van der Waals surface area contributed by atoms with Crippen molar-refractivity contribution in [2.75, 3.05) is 20.3 Å². The first-order chi connectivity index (χ1) is 11.9. The van der Waals surface area contributed by atoms with Crippen molar-refractivity contribution < 1.29 is 14.2 Å². The van der Waals surface area contributed by atoms with Crippen molar-refractivity contribution >= 4 is 17.2 Å². The zero-order chi connectivity index (χ0) is 18.4. The van der Waals surface area contributed by atoms with E-state index in [-0.39, 0.29) is 0 Å². The molecule has 0 fully saturated rings. The van der Waals surface area contributed by atoms with Crippen LogP contribution >= 0.6 is 12.2 Å². The molecule has 0 radical (unpaired) electrons. The fourth-order valence-corrected chi connectivity index (χ4v) is 2.76. The van der Waals surface area contributed by atoms with Gasteiger partial charge in [-0.05, 0) is 54.3 Å². The third-order valence-corrected chi connectivity index (χ3v) is 4.16. The van der Waals surface area contributed by atoms with Crippen LogP contribution < -0.4 is 19.9 Å². The van der Waals surface area contributed by atoms with Gasteiger partial charge in [-0.3, -0.25) is 0 Å². The predicted molar refractivity (Wildman–Crippen MR) is 105 cm³/mol. The molecule has 0 aliphatic rings. The lowest BCUT2D eigenvalue weighted by Crippen LogP contribution is -2.11. The molecule has 2 rings (SSSR count). The second-order valence-corrected chi connectivity index (χ2v) is 6.54. The normalized spacial score (nSPS) is 10.6. The van der Waals surface area contributed by atoms with E-state index < -0.39 is 0 Å². The van der Waals surface area contributed by atoms with Gasteiger partial charge in [0, 0.05) is 5.56 Å². The minimum atomic E-state index is 0.327. The molecular weight excluding hydrogens is 334 g/mol. The molecule has 4 nitrogen and oxygen atoms in total. The lowest BCUT2D eigenvalue weighted by molar-refractivity contribution is 0.211. The van der Waals surface area contributed by atoms with Gasteiger partial charge in [-0.25, -0.2) is 0 Å². The Bertz CT molecular complexity index is 744. The first-order valence-electron chi connectivity index (χ1n) is 8.26. The minimum absolute atomic E-state index is 0.327. The maximum absolute atomic E-state index is 5.77.